The number of phenolic OH excluding ortho intramolecular Hbond substituents is 1. The quantitative estimate of drug-likeness (QED) is 0.667. The summed E-state index contributed by atoms with van der Waals surface area (Å²) < 4.78 is 0. The van der Waals surface area contributed by atoms with Crippen LogP contribution < -0.4 is 0 Å². The summed E-state index contributed by atoms with van der Waals surface area (Å²) in [5.74, 6) is -0.947. The van der Waals surface area contributed by atoms with Gasteiger partial charge >= 0.3 is 5.97 Å². The van der Waals surface area contributed by atoms with Crippen LogP contribution in [0.3, 0.4) is 0 Å². The fraction of sp³-hybridized carbons (Fsp3) is 0.222. The van der Waals surface area contributed by atoms with Crippen molar-refractivity contribution in [3.05, 3.63) is 28.8 Å². The van der Waals surface area contributed by atoms with E-state index in [1.165, 1.54) is 6.07 Å². The first-order chi connectivity index (χ1) is 5.54. The third-order valence-corrected chi connectivity index (χ3v) is 1.86. The van der Waals surface area contributed by atoms with Crippen LogP contribution in [-0.4, -0.2) is 16.2 Å². The summed E-state index contributed by atoms with van der Waals surface area (Å²) in [7, 11) is 0. The topological polar surface area (TPSA) is 57.5 Å². The molecule has 0 spiro atoms. The molecule has 1 rings (SSSR count). The number of aryl methyl sites for hydroxylation is 1. The maximum absolute atomic E-state index is 10.6. The molecule has 1 aromatic rings. The lowest BCUT2D eigenvalue weighted by atomic mass is 10.0. The van der Waals surface area contributed by atoms with E-state index < -0.39 is 5.97 Å². The van der Waals surface area contributed by atoms with Crippen molar-refractivity contribution in [3.63, 3.8) is 0 Å². The van der Waals surface area contributed by atoms with Gasteiger partial charge in [-0.05, 0) is 25.5 Å². The fourth-order valence-electron chi connectivity index (χ4n) is 1.07. The van der Waals surface area contributed by atoms with Crippen LogP contribution in [0.15, 0.2) is 12.1 Å². The van der Waals surface area contributed by atoms with Gasteiger partial charge in [-0.3, -0.25) is 0 Å². The van der Waals surface area contributed by atoms with Gasteiger partial charge in [0, 0.05) is 5.56 Å². The SMILES string of the molecule is Cc1ccc(C(=O)O)c(C)c1O. The van der Waals surface area contributed by atoms with Crippen molar-refractivity contribution in [2.24, 2.45) is 0 Å². The second-order valence-corrected chi connectivity index (χ2v) is 2.71. The van der Waals surface area contributed by atoms with Crippen LogP contribution >= 0.6 is 0 Å². The van der Waals surface area contributed by atoms with E-state index in [9.17, 15) is 9.90 Å². The second kappa shape index (κ2) is 2.85. The Morgan fingerprint density at radius 1 is 1.33 bits per heavy atom. The number of carboxylic acids is 1. The Hall–Kier alpha value is -1.51. The highest BCUT2D eigenvalue weighted by Crippen LogP contribution is 2.24. The molecular weight excluding hydrogens is 156 g/mol. The number of carbonyl (C=O) groups is 1. The summed E-state index contributed by atoms with van der Waals surface area (Å²) in [6.07, 6.45) is 0. The average Bonchev–Trinajstić information content (AvgIpc) is 2.00. The van der Waals surface area contributed by atoms with E-state index in [1.54, 1.807) is 19.9 Å². The molecule has 3 nitrogen and oxygen atoms in total. The van der Waals surface area contributed by atoms with E-state index in [4.69, 9.17) is 5.11 Å². The molecule has 64 valence electrons. The Morgan fingerprint density at radius 3 is 2.42 bits per heavy atom. The molecule has 0 radical (unpaired) electrons. The number of hydrogen-bond donors (Lipinski definition) is 2. The van der Waals surface area contributed by atoms with Gasteiger partial charge in [-0.2, -0.15) is 0 Å². The predicted octanol–water partition coefficient (Wildman–Crippen LogP) is 1.71. The van der Waals surface area contributed by atoms with Crippen molar-refractivity contribution in [2.75, 3.05) is 0 Å². The van der Waals surface area contributed by atoms with Crippen molar-refractivity contribution in [1.82, 2.24) is 0 Å². The van der Waals surface area contributed by atoms with Crippen molar-refractivity contribution in [1.29, 1.82) is 0 Å². The minimum atomic E-state index is -1.01. The highest BCUT2D eigenvalue weighted by atomic mass is 16.4. The Kier molecular flexibility index (Phi) is 2.04. The van der Waals surface area contributed by atoms with E-state index in [-0.39, 0.29) is 11.3 Å². The van der Waals surface area contributed by atoms with Gasteiger partial charge in [0.05, 0.1) is 5.56 Å². The molecule has 0 aromatic heterocycles. The molecule has 0 saturated carbocycles. The van der Waals surface area contributed by atoms with Crippen LogP contribution in [0, 0.1) is 13.8 Å². The minimum Gasteiger partial charge on any atom is -0.507 e. The Bertz CT molecular complexity index is 329. The summed E-state index contributed by atoms with van der Waals surface area (Å²) in [6.45, 7) is 3.32. The normalized spacial score (nSPS) is 9.83. The third kappa shape index (κ3) is 1.25. The number of aromatic hydroxyl groups is 1. The van der Waals surface area contributed by atoms with Crippen molar-refractivity contribution in [2.45, 2.75) is 13.8 Å². The average molecular weight is 166 g/mol. The van der Waals surface area contributed by atoms with E-state index in [1.807, 2.05) is 0 Å². The largest absolute Gasteiger partial charge is 0.507 e. The van der Waals surface area contributed by atoms with Crippen LogP contribution in [0.5, 0.6) is 5.75 Å². The van der Waals surface area contributed by atoms with Gasteiger partial charge in [0.15, 0.2) is 0 Å². The fourth-order valence-corrected chi connectivity index (χ4v) is 1.07. The van der Waals surface area contributed by atoms with Gasteiger partial charge in [-0.15, -0.1) is 0 Å². The van der Waals surface area contributed by atoms with E-state index >= 15 is 0 Å². The standard InChI is InChI=1S/C9H10O3/c1-5-3-4-7(9(11)12)6(2)8(5)10/h3-4,10H,1-2H3,(H,11,12). The summed E-state index contributed by atoms with van der Waals surface area (Å²) >= 11 is 0. The first-order valence-electron chi connectivity index (χ1n) is 3.56. The van der Waals surface area contributed by atoms with E-state index in [0.717, 1.165) is 0 Å². The van der Waals surface area contributed by atoms with Crippen LogP contribution in [0.4, 0.5) is 0 Å². The number of aromatic carboxylic acids is 1. The summed E-state index contributed by atoms with van der Waals surface area (Å²) in [5.41, 5.74) is 1.26. The molecule has 0 fully saturated rings. The molecule has 0 saturated heterocycles. The summed E-state index contributed by atoms with van der Waals surface area (Å²) in [6, 6.07) is 3.08. The van der Waals surface area contributed by atoms with Crippen LogP contribution in [-0.2, 0) is 0 Å². The van der Waals surface area contributed by atoms with Gasteiger partial charge in [0.1, 0.15) is 5.75 Å². The molecular formula is C9H10O3. The van der Waals surface area contributed by atoms with Gasteiger partial charge in [-0.25, -0.2) is 4.79 Å². The van der Waals surface area contributed by atoms with Crippen molar-refractivity contribution >= 4 is 5.97 Å². The van der Waals surface area contributed by atoms with Crippen LogP contribution in [0.25, 0.3) is 0 Å². The Morgan fingerprint density at radius 2 is 1.92 bits per heavy atom. The van der Waals surface area contributed by atoms with Gasteiger partial charge in [-0.1, -0.05) is 6.07 Å². The molecule has 0 aliphatic heterocycles. The number of carboxylic acid groups (broad SMARTS) is 1. The molecule has 0 atom stereocenters. The van der Waals surface area contributed by atoms with Crippen molar-refractivity contribution in [3.8, 4) is 5.75 Å². The zero-order valence-electron chi connectivity index (χ0n) is 6.96. The second-order valence-electron chi connectivity index (χ2n) is 2.71. The smallest absolute Gasteiger partial charge is 0.336 e. The number of benzene rings is 1. The lowest BCUT2D eigenvalue weighted by Crippen LogP contribution is -1.99. The van der Waals surface area contributed by atoms with Crippen LogP contribution in [0.2, 0.25) is 0 Å². The van der Waals surface area contributed by atoms with Crippen LogP contribution in [0.1, 0.15) is 21.5 Å². The molecule has 0 heterocycles. The minimum absolute atomic E-state index is 0.0647. The Balaban J connectivity index is 3.36. The summed E-state index contributed by atoms with van der Waals surface area (Å²) in [5, 5.41) is 18.0. The highest BCUT2D eigenvalue weighted by Gasteiger charge is 2.10. The molecule has 0 unspecified atom stereocenters. The maximum atomic E-state index is 10.6. The highest BCUT2D eigenvalue weighted by molar-refractivity contribution is 5.90. The Labute approximate surface area is 70.3 Å². The number of rotatable bonds is 1. The summed E-state index contributed by atoms with van der Waals surface area (Å²) in [4.78, 5) is 10.6. The van der Waals surface area contributed by atoms with Gasteiger partial charge in [0.2, 0.25) is 0 Å². The lowest BCUT2D eigenvalue weighted by Gasteiger charge is -2.05. The number of hydrogen-bond acceptors (Lipinski definition) is 2. The molecule has 1 aromatic carbocycles. The van der Waals surface area contributed by atoms with Gasteiger partial charge in [0.25, 0.3) is 0 Å². The first kappa shape index (κ1) is 8.59. The molecule has 0 aliphatic carbocycles. The van der Waals surface area contributed by atoms with Gasteiger partial charge < -0.3 is 10.2 Å². The third-order valence-electron chi connectivity index (χ3n) is 1.86. The molecule has 0 bridgehead atoms. The zero-order valence-corrected chi connectivity index (χ0v) is 6.96. The van der Waals surface area contributed by atoms with E-state index in [0.29, 0.717) is 11.1 Å². The first-order valence-corrected chi connectivity index (χ1v) is 3.56. The molecule has 0 aliphatic rings. The zero-order chi connectivity index (χ0) is 9.30. The molecule has 2 N–H and O–H groups in total. The van der Waals surface area contributed by atoms with Crippen molar-refractivity contribution < 1.29 is 15.0 Å². The number of phenols is 1. The predicted molar refractivity (Wildman–Crippen MR) is 44.5 cm³/mol. The molecule has 12 heavy (non-hydrogen) atoms. The monoisotopic (exact) mass is 166 g/mol. The molecule has 0 amide bonds. The van der Waals surface area contributed by atoms with E-state index in [2.05, 4.69) is 0 Å². The lowest BCUT2D eigenvalue weighted by molar-refractivity contribution is 0.0695. The maximum Gasteiger partial charge on any atom is 0.336 e. The molecule has 3 heteroatoms.